The van der Waals surface area contributed by atoms with E-state index < -0.39 is 10.0 Å². The largest absolute Gasteiger partial charge is 0.379 e. The van der Waals surface area contributed by atoms with Gasteiger partial charge in [0.25, 0.3) is 0 Å². The topological polar surface area (TPSA) is 87.7 Å². The lowest BCUT2D eigenvalue weighted by Crippen LogP contribution is -2.41. The number of amides is 1. The number of carbonyl (C=O) groups is 1. The Hall–Kier alpha value is -1.19. The minimum Gasteiger partial charge on any atom is -0.379 e. The maximum absolute atomic E-state index is 12.6. The summed E-state index contributed by atoms with van der Waals surface area (Å²) in [4.78, 5) is 11.9. The summed E-state index contributed by atoms with van der Waals surface area (Å²) in [6.45, 7) is 3.18. The predicted octanol–water partition coefficient (Wildman–Crippen LogP) is 0.886. The van der Waals surface area contributed by atoms with Crippen LogP contribution in [0.15, 0.2) is 24.3 Å². The first-order chi connectivity index (χ1) is 12.5. The van der Waals surface area contributed by atoms with Gasteiger partial charge in [0, 0.05) is 19.6 Å². The number of benzene rings is 1. The molecule has 0 spiro atoms. The van der Waals surface area contributed by atoms with Crippen LogP contribution in [0.5, 0.6) is 0 Å². The number of hydrogen-bond acceptors (Lipinski definition) is 5. The van der Waals surface area contributed by atoms with E-state index in [1.54, 1.807) is 0 Å². The van der Waals surface area contributed by atoms with Crippen molar-refractivity contribution < 1.29 is 17.9 Å². The molecule has 1 amide bonds. The van der Waals surface area contributed by atoms with Crippen LogP contribution >= 0.6 is 12.4 Å². The van der Waals surface area contributed by atoms with Gasteiger partial charge in [-0.3, -0.25) is 4.79 Å². The van der Waals surface area contributed by atoms with E-state index in [0.29, 0.717) is 39.4 Å². The van der Waals surface area contributed by atoms with Crippen molar-refractivity contribution in [1.29, 1.82) is 0 Å². The van der Waals surface area contributed by atoms with Crippen molar-refractivity contribution in [2.24, 2.45) is 5.92 Å². The molecular weight excluding hydrogens is 390 g/mol. The second-order valence-electron chi connectivity index (χ2n) is 6.89. The van der Waals surface area contributed by atoms with Gasteiger partial charge in [0.2, 0.25) is 15.9 Å². The summed E-state index contributed by atoms with van der Waals surface area (Å²) in [7, 11) is -3.39. The summed E-state index contributed by atoms with van der Waals surface area (Å²) in [6.07, 6.45) is 2.50. The minimum absolute atomic E-state index is 0. The highest BCUT2D eigenvalue weighted by atomic mass is 35.5. The molecule has 2 N–H and O–H groups in total. The molecule has 152 valence electrons. The van der Waals surface area contributed by atoms with Gasteiger partial charge in [-0.15, -0.1) is 12.4 Å². The number of hydrogen-bond donors (Lipinski definition) is 2. The number of carbonyl (C=O) groups excluding carboxylic acids is 1. The van der Waals surface area contributed by atoms with Crippen LogP contribution in [0.4, 0.5) is 0 Å². The molecule has 0 radical (unpaired) electrons. The van der Waals surface area contributed by atoms with Gasteiger partial charge in [0.1, 0.15) is 0 Å². The van der Waals surface area contributed by atoms with Crippen molar-refractivity contribution >= 4 is 28.3 Å². The van der Waals surface area contributed by atoms with Crippen LogP contribution in [-0.2, 0) is 31.9 Å². The van der Waals surface area contributed by atoms with Crippen LogP contribution in [0, 0.1) is 5.92 Å². The second-order valence-corrected chi connectivity index (χ2v) is 8.86. The van der Waals surface area contributed by atoms with E-state index in [2.05, 4.69) is 10.6 Å². The second kappa shape index (κ2) is 10.4. The molecule has 1 aliphatic carbocycles. The van der Waals surface area contributed by atoms with E-state index in [-0.39, 0.29) is 24.1 Å². The highest BCUT2D eigenvalue weighted by molar-refractivity contribution is 7.88. The van der Waals surface area contributed by atoms with E-state index in [1.807, 2.05) is 24.3 Å². The summed E-state index contributed by atoms with van der Waals surface area (Å²) in [5.74, 6) is 0.601. The lowest BCUT2D eigenvalue weighted by atomic mass is 10.1. The van der Waals surface area contributed by atoms with Crippen LogP contribution in [0.1, 0.15) is 24.0 Å². The van der Waals surface area contributed by atoms with Gasteiger partial charge in [-0.1, -0.05) is 24.3 Å². The molecule has 1 aromatic rings. The molecule has 27 heavy (non-hydrogen) atoms. The molecule has 1 saturated heterocycles. The Morgan fingerprint density at radius 3 is 2.48 bits per heavy atom. The molecule has 9 heteroatoms. The lowest BCUT2D eigenvalue weighted by Gasteiger charge is -2.26. The van der Waals surface area contributed by atoms with Crippen LogP contribution in [0.2, 0.25) is 0 Å². The molecule has 0 bridgehead atoms. The first-order valence-corrected chi connectivity index (χ1v) is 10.8. The van der Waals surface area contributed by atoms with Gasteiger partial charge in [0.15, 0.2) is 0 Å². The summed E-state index contributed by atoms with van der Waals surface area (Å²) < 4.78 is 32.0. The Bertz CT molecular complexity index is 719. The molecule has 1 saturated carbocycles. The molecule has 0 aromatic heterocycles. The highest BCUT2D eigenvalue weighted by Crippen LogP contribution is 2.27. The van der Waals surface area contributed by atoms with Crippen molar-refractivity contribution in [1.82, 2.24) is 14.9 Å². The molecule has 2 fully saturated rings. The third kappa shape index (κ3) is 7.04. The monoisotopic (exact) mass is 417 g/mol. The summed E-state index contributed by atoms with van der Waals surface area (Å²) in [5, 5.41) is 6.02. The van der Waals surface area contributed by atoms with Crippen LogP contribution < -0.4 is 10.6 Å². The Morgan fingerprint density at radius 1 is 1.15 bits per heavy atom. The zero-order valence-corrected chi connectivity index (χ0v) is 17.0. The minimum atomic E-state index is -3.39. The van der Waals surface area contributed by atoms with E-state index in [0.717, 1.165) is 23.6 Å². The molecule has 1 heterocycles. The fraction of sp³-hybridized carbons (Fsp3) is 0.611. The van der Waals surface area contributed by atoms with Gasteiger partial charge >= 0.3 is 0 Å². The highest BCUT2D eigenvalue weighted by Gasteiger charge is 2.25. The Kier molecular flexibility index (Phi) is 8.50. The van der Waals surface area contributed by atoms with Crippen molar-refractivity contribution in [3.63, 3.8) is 0 Å². The summed E-state index contributed by atoms with van der Waals surface area (Å²) in [5.41, 5.74) is 1.56. The van der Waals surface area contributed by atoms with Gasteiger partial charge in [-0.25, -0.2) is 8.42 Å². The number of ether oxygens (including phenoxy) is 1. The van der Waals surface area contributed by atoms with Crippen molar-refractivity contribution in [3.8, 4) is 0 Å². The van der Waals surface area contributed by atoms with E-state index in [1.165, 1.54) is 17.1 Å². The molecule has 0 unspecified atom stereocenters. The van der Waals surface area contributed by atoms with Crippen molar-refractivity contribution in [2.45, 2.75) is 25.1 Å². The Balaban J connectivity index is 0.00000261. The summed E-state index contributed by atoms with van der Waals surface area (Å²) >= 11 is 0. The van der Waals surface area contributed by atoms with Crippen LogP contribution in [0.3, 0.4) is 0 Å². The van der Waals surface area contributed by atoms with Gasteiger partial charge in [0.05, 0.1) is 25.5 Å². The third-order valence-corrected chi connectivity index (χ3v) is 6.54. The van der Waals surface area contributed by atoms with Crippen molar-refractivity contribution in [3.05, 3.63) is 35.4 Å². The molecule has 2 aliphatic rings. The smallest absolute Gasteiger partial charge is 0.234 e. The normalized spacial score (nSPS) is 17.9. The molecule has 7 nitrogen and oxygen atoms in total. The predicted molar refractivity (Wildman–Crippen MR) is 106 cm³/mol. The zero-order valence-electron chi connectivity index (χ0n) is 15.4. The number of morpholine rings is 1. The average molecular weight is 418 g/mol. The SMILES string of the molecule is Cl.O=C(CNCC1CC1)NCc1ccccc1CS(=O)(=O)N1CCOCC1. The quantitative estimate of drug-likeness (QED) is 0.623. The Labute approximate surface area is 167 Å². The zero-order chi connectivity index (χ0) is 18.4. The first kappa shape index (κ1) is 22.1. The average Bonchev–Trinajstić information content (AvgIpc) is 3.46. The van der Waals surface area contributed by atoms with E-state index >= 15 is 0 Å². The lowest BCUT2D eigenvalue weighted by molar-refractivity contribution is -0.120. The number of halogens is 1. The summed E-state index contributed by atoms with van der Waals surface area (Å²) in [6, 6.07) is 7.36. The standard InChI is InChI=1S/C18H27N3O4S.ClH/c22-18(13-19-11-15-5-6-15)20-12-16-3-1-2-4-17(16)14-26(23,24)21-7-9-25-10-8-21;/h1-4,15,19H,5-14H2,(H,20,22);1H. The number of rotatable bonds is 9. The molecule has 1 aliphatic heterocycles. The van der Waals surface area contributed by atoms with Gasteiger partial charge < -0.3 is 15.4 Å². The number of nitrogens with zero attached hydrogens (tertiary/aromatic N) is 1. The van der Waals surface area contributed by atoms with E-state index in [4.69, 9.17) is 4.74 Å². The number of sulfonamides is 1. The molecule has 1 aromatic carbocycles. The maximum atomic E-state index is 12.6. The van der Waals surface area contributed by atoms with Gasteiger partial charge in [-0.05, 0) is 36.4 Å². The fourth-order valence-corrected chi connectivity index (χ4v) is 4.51. The van der Waals surface area contributed by atoms with Gasteiger partial charge in [-0.2, -0.15) is 4.31 Å². The van der Waals surface area contributed by atoms with E-state index in [9.17, 15) is 13.2 Å². The third-order valence-electron chi connectivity index (χ3n) is 4.71. The Morgan fingerprint density at radius 2 is 1.81 bits per heavy atom. The molecular formula is C18H28ClN3O4S. The van der Waals surface area contributed by atoms with Crippen LogP contribution in [-0.4, -0.2) is 58.0 Å². The number of nitrogens with one attached hydrogen (secondary N) is 2. The molecule has 0 atom stereocenters. The van der Waals surface area contributed by atoms with Crippen molar-refractivity contribution in [2.75, 3.05) is 39.4 Å². The molecule has 3 rings (SSSR count). The maximum Gasteiger partial charge on any atom is 0.234 e. The fourth-order valence-electron chi connectivity index (χ4n) is 2.95. The van der Waals surface area contributed by atoms with Crippen LogP contribution in [0.25, 0.3) is 0 Å². The first-order valence-electron chi connectivity index (χ1n) is 9.14.